The number of halogens is 1. The van der Waals surface area contributed by atoms with E-state index in [1.165, 1.54) is 10.7 Å². The maximum Gasteiger partial charge on any atom is 0.153 e. The zero-order chi connectivity index (χ0) is 21.4. The molecule has 0 bridgehead atoms. The Balaban J connectivity index is 1.72. The number of nitrogen functional groups attached to an aromatic ring is 1. The molecule has 0 spiro atoms. The lowest BCUT2D eigenvalue weighted by atomic mass is 10.0. The Hall–Kier alpha value is -3.64. The summed E-state index contributed by atoms with van der Waals surface area (Å²) in [4.78, 5) is 6.52. The Labute approximate surface area is 173 Å². The SMILES string of the molecule is CNC1CCN(c2cc(N)c(C(N)=Nc3cc(F)c4nn(C)cc4c3)c(C#N)c2)C1. The quantitative estimate of drug-likeness (QED) is 0.346. The third-order valence-electron chi connectivity index (χ3n) is 5.40. The smallest absolute Gasteiger partial charge is 0.153 e. The summed E-state index contributed by atoms with van der Waals surface area (Å²) in [5.74, 6) is -0.427. The van der Waals surface area contributed by atoms with E-state index >= 15 is 0 Å². The number of amidine groups is 1. The third kappa shape index (κ3) is 3.53. The van der Waals surface area contributed by atoms with Crippen molar-refractivity contribution in [3.05, 3.63) is 47.4 Å². The molecule has 2 heterocycles. The molecular formula is C21H23FN8. The minimum absolute atomic E-state index is 0.0627. The second-order valence-electron chi connectivity index (χ2n) is 7.45. The van der Waals surface area contributed by atoms with Crippen molar-refractivity contribution in [3.63, 3.8) is 0 Å². The third-order valence-corrected chi connectivity index (χ3v) is 5.40. The number of rotatable bonds is 4. The van der Waals surface area contributed by atoms with Crippen molar-refractivity contribution >= 4 is 33.8 Å². The molecule has 1 unspecified atom stereocenters. The van der Waals surface area contributed by atoms with Crippen LogP contribution in [0.1, 0.15) is 17.5 Å². The van der Waals surface area contributed by atoms with Gasteiger partial charge < -0.3 is 21.7 Å². The maximum atomic E-state index is 14.4. The Morgan fingerprint density at radius 2 is 2.17 bits per heavy atom. The lowest BCUT2D eigenvalue weighted by Crippen LogP contribution is -2.29. The van der Waals surface area contributed by atoms with Crippen LogP contribution >= 0.6 is 0 Å². The van der Waals surface area contributed by atoms with Crippen molar-refractivity contribution in [2.45, 2.75) is 12.5 Å². The average molecular weight is 406 g/mol. The number of nitriles is 1. The molecule has 2 aromatic carbocycles. The van der Waals surface area contributed by atoms with Crippen LogP contribution < -0.4 is 21.7 Å². The number of fused-ring (bicyclic) bond motifs is 1. The monoisotopic (exact) mass is 406 g/mol. The van der Waals surface area contributed by atoms with Crippen LogP contribution in [0.25, 0.3) is 10.9 Å². The molecule has 0 saturated carbocycles. The molecule has 1 fully saturated rings. The van der Waals surface area contributed by atoms with Gasteiger partial charge in [0.25, 0.3) is 0 Å². The average Bonchev–Trinajstić information content (AvgIpc) is 3.33. The van der Waals surface area contributed by atoms with E-state index < -0.39 is 5.82 Å². The van der Waals surface area contributed by atoms with Crippen molar-refractivity contribution in [3.8, 4) is 6.07 Å². The van der Waals surface area contributed by atoms with Crippen LogP contribution in [0.15, 0.2) is 35.5 Å². The van der Waals surface area contributed by atoms with Gasteiger partial charge in [-0.05, 0) is 31.7 Å². The number of aromatic nitrogens is 2. The molecule has 1 atom stereocenters. The normalized spacial score (nSPS) is 16.9. The van der Waals surface area contributed by atoms with E-state index in [4.69, 9.17) is 11.5 Å². The highest BCUT2D eigenvalue weighted by Crippen LogP contribution is 2.29. The molecule has 5 N–H and O–H groups in total. The number of likely N-dealkylation sites (N-methyl/N-ethyl adjacent to an activating group) is 1. The second kappa shape index (κ2) is 7.65. The summed E-state index contributed by atoms with van der Waals surface area (Å²) in [7, 11) is 3.66. The van der Waals surface area contributed by atoms with Gasteiger partial charge in [0.1, 0.15) is 17.4 Å². The fourth-order valence-electron chi connectivity index (χ4n) is 3.89. The van der Waals surface area contributed by atoms with Gasteiger partial charge >= 0.3 is 0 Å². The summed E-state index contributed by atoms with van der Waals surface area (Å²) in [5.41, 5.74) is 15.0. The predicted molar refractivity (Wildman–Crippen MR) is 116 cm³/mol. The number of aryl methyl sites for hydroxylation is 1. The molecule has 30 heavy (non-hydrogen) atoms. The zero-order valence-electron chi connectivity index (χ0n) is 16.9. The Morgan fingerprint density at radius 1 is 1.37 bits per heavy atom. The molecular weight excluding hydrogens is 383 g/mol. The first-order valence-electron chi connectivity index (χ1n) is 9.63. The van der Waals surface area contributed by atoms with Crippen molar-refractivity contribution < 1.29 is 4.39 Å². The molecule has 1 aliphatic rings. The molecule has 9 heteroatoms. The van der Waals surface area contributed by atoms with E-state index in [9.17, 15) is 9.65 Å². The number of benzene rings is 2. The number of nitrogens with zero attached hydrogens (tertiary/aromatic N) is 5. The molecule has 0 radical (unpaired) electrons. The molecule has 1 saturated heterocycles. The van der Waals surface area contributed by atoms with Crippen LogP contribution in [-0.2, 0) is 7.05 Å². The Bertz CT molecular complexity index is 1190. The summed E-state index contributed by atoms with van der Waals surface area (Å²) in [6.45, 7) is 1.72. The number of hydrogen-bond acceptors (Lipinski definition) is 6. The van der Waals surface area contributed by atoms with Gasteiger partial charge in [-0.15, -0.1) is 0 Å². The van der Waals surface area contributed by atoms with Crippen molar-refractivity contribution in [2.24, 2.45) is 17.8 Å². The number of hydrogen-bond donors (Lipinski definition) is 3. The molecule has 1 aliphatic heterocycles. The fraction of sp³-hybridized carbons (Fsp3) is 0.286. The van der Waals surface area contributed by atoms with Crippen molar-refractivity contribution in [1.29, 1.82) is 5.26 Å². The van der Waals surface area contributed by atoms with Crippen LogP contribution in [0.3, 0.4) is 0 Å². The summed E-state index contributed by atoms with van der Waals surface area (Å²) in [6, 6.07) is 9.11. The van der Waals surface area contributed by atoms with Gasteiger partial charge in [0.15, 0.2) is 5.82 Å². The minimum atomic E-state index is -0.489. The summed E-state index contributed by atoms with van der Waals surface area (Å²) in [5, 5.41) is 17.7. The van der Waals surface area contributed by atoms with E-state index in [1.807, 2.05) is 13.1 Å². The summed E-state index contributed by atoms with van der Waals surface area (Å²) in [6.07, 6.45) is 2.72. The van der Waals surface area contributed by atoms with Crippen LogP contribution in [0, 0.1) is 17.1 Å². The van der Waals surface area contributed by atoms with Gasteiger partial charge in [-0.1, -0.05) is 0 Å². The predicted octanol–water partition coefficient (Wildman–Crippen LogP) is 2.00. The molecule has 3 aromatic rings. The van der Waals surface area contributed by atoms with E-state index in [0.29, 0.717) is 33.9 Å². The first-order valence-corrected chi connectivity index (χ1v) is 9.63. The van der Waals surface area contributed by atoms with Gasteiger partial charge in [-0.25, -0.2) is 9.38 Å². The lowest BCUT2D eigenvalue weighted by Gasteiger charge is -2.21. The van der Waals surface area contributed by atoms with Gasteiger partial charge in [0.2, 0.25) is 0 Å². The number of anilines is 2. The van der Waals surface area contributed by atoms with E-state index in [1.54, 1.807) is 25.4 Å². The van der Waals surface area contributed by atoms with Crippen LogP contribution in [0.2, 0.25) is 0 Å². The Kier molecular flexibility index (Phi) is 5.01. The Morgan fingerprint density at radius 3 is 2.87 bits per heavy atom. The molecule has 0 amide bonds. The van der Waals surface area contributed by atoms with Gasteiger partial charge in [-0.2, -0.15) is 10.4 Å². The van der Waals surface area contributed by atoms with E-state index in [2.05, 4.69) is 26.4 Å². The van der Waals surface area contributed by atoms with Crippen LogP contribution in [-0.4, -0.2) is 41.8 Å². The highest BCUT2D eigenvalue weighted by molar-refractivity contribution is 6.06. The molecule has 0 aliphatic carbocycles. The first-order chi connectivity index (χ1) is 14.4. The lowest BCUT2D eigenvalue weighted by molar-refractivity contribution is 0.617. The highest BCUT2D eigenvalue weighted by atomic mass is 19.1. The number of nitrogens with two attached hydrogens (primary N) is 2. The topological polar surface area (TPSA) is 121 Å². The summed E-state index contributed by atoms with van der Waals surface area (Å²) < 4.78 is 15.9. The number of aliphatic imine (C=N–C) groups is 1. The zero-order valence-corrected chi connectivity index (χ0v) is 16.9. The first kappa shape index (κ1) is 19.7. The standard InChI is InChI=1S/C21H23FN8/c1-26-14-3-4-30(11-14)16-6-12(9-23)19(18(24)8-16)21(25)27-15-5-13-10-29(2)28-20(13)17(22)7-15/h5-8,10,14,26H,3-4,11,24H2,1-2H3,(H2,25,27). The van der Waals surface area contributed by atoms with Crippen molar-refractivity contribution in [1.82, 2.24) is 15.1 Å². The largest absolute Gasteiger partial charge is 0.398 e. The van der Waals surface area contributed by atoms with Crippen molar-refractivity contribution in [2.75, 3.05) is 30.8 Å². The van der Waals surface area contributed by atoms with Gasteiger partial charge in [0.05, 0.1) is 16.8 Å². The molecule has 154 valence electrons. The van der Waals surface area contributed by atoms with E-state index in [0.717, 1.165) is 25.2 Å². The minimum Gasteiger partial charge on any atom is -0.398 e. The highest BCUT2D eigenvalue weighted by Gasteiger charge is 2.23. The van der Waals surface area contributed by atoms with Gasteiger partial charge in [0, 0.05) is 55.2 Å². The second-order valence-corrected chi connectivity index (χ2v) is 7.45. The van der Waals surface area contributed by atoms with E-state index in [-0.39, 0.29) is 11.4 Å². The van der Waals surface area contributed by atoms with Crippen LogP contribution in [0.5, 0.6) is 0 Å². The summed E-state index contributed by atoms with van der Waals surface area (Å²) >= 11 is 0. The number of nitrogens with one attached hydrogen (secondary N) is 1. The fourth-order valence-corrected chi connectivity index (χ4v) is 3.89. The van der Waals surface area contributed by atoms with Crippen LogP contribution in [0.4, 0.5) is 21.5 Å². The molecule has 8 nitrogen and oxygen atoms in total. The molecule has 4 rings (SSSR count). The van der Waals surface area contributed by atoms with Gasteiger partial charge in [-0.3, -0.25) is 4.68 Å². The molecule has 1 aromatic heterocycles. The maximum absolute atomic E-state index is 14.4.